The first-order valence-corrected chi connectivity index (χ1v) is 9.89. The summed E-state index contributed by atoms with van der Waals surface area (Å²) in [4.78, 5) is 37.3. The van der Waals surface area contributed by atoms with E-state index in [4.69, 9.17) is 0 Å². The van der Waals surface area contributed by atoms with Crippen LogP contribution >= 0.6 is 0 Å². The van der Waals surface area contributed by atoms with Crippen LogP contribution in [0.4, 0.5) is 0 Å². The molecule has 3 atom stereocenters. The Balaban J connectivity index is 2.71. The van der Waals surface area contributed by atoms with Crippen LogP contribution in [-0.2, 0) is 27.2 Å². The molecule has 2 unspecified atom stereocenters. The first-order chi connectivity index (χ1) is 12.8. The molecule has 1 N–H and O–H groups in total. The minimum atomic E-state index is -0.566. The number of ketones is 1. The van der Waals surface area contributed by atoms with Gasteiger partial charge < -0.3 is 10.2 Å². The molecule has 0 aromatic heterocycles. The molecule has 0 heterocycles. The van der Waals surface area contributed by atoms with Crippen LogP contribution in [0.1, 0.15) is 58.1 Å². The van der Waals surface area contributed by atoms with E-state index < -0.39 is 12.1 Å². The molecule has 0 bridgehead atoms. The highest BCUT2D eigenvalue weighted by Crippen LogP contribution is 2.14. The Kier molecular flexibility index (Phi) is 9.76. The van der Waals surface area contributed by atoms with Crippen LogP contribution in [-0.4, -0.2) is 42.1 Å². The lowest BCUT2D eigenvalue weighted by Crippen LogP contribution is -2.52. The number of hydrogen-bond donors (Lipinski definition) is 1. The molecule has 0 saturated heterocycles. The maximum absolute atomic E-state index is 12.7. The Bertz CT molecular complexity index is 612. The Labute approximate surface area is 163 Å². The van der Waals surface area contributed by atoms with Gasteiger partial charge >= 0.3 is 0 Å². The normalized spacial score (nSPS) is 14.1. The van der Waals surface area contributed by atoms with Gasteiger partial charge in [0.2, 0.25) is 12.3 Å². The van der Waals surface area contributed by atoms with Crippen molar-refractivity contribution in [1.29, 1.82) is 0 Å². The minimum absolute atomic E-state index is 0.0544. The van der Waals surface area contributed by atoms with Crippen molar-refractivity contribution in [2.75, 3.05) is 7.05 Å². The molecule has 0 saturated carbocycles. The van der Waals surface area contributed by atoms with Gasteiger partial charge in [-0.3, -0.25) is 14.4 Å². The van der Waals surface area contributed by atoms with E-state index in [0.717, 1.165) is 25.7 Å². The van der Waals surface area contributed by atoms with Crippen molar-refractivity contribution in [3.05, 3.63) is 35.4 Å². The van der Waals surface area contributed by atoms with Crippen molar-refractivity contribution in [3.63, 3.8) is 0 Å². The van der Waals surface area contributed by atoms with E-state index >= 15 is 0 Å². The largest absolute Gasteiger partial charge is 0.344 e. The molecule has 150 valence electrons. The molecule has 0 aliphatic rings. The molecular weight excluding hydrogens is 340 g/mol. The van der Waals surface area contributed by atoms with E-state index in [1.54, 1.807) is 7.05 Å². The highest BCUT2D eigenvalue weighted by Gasteiger charge is 2.28. The summed E-state index contributed by atoms with van der Waals surface area (Å²) in [6, 6.07) is 7.41. The van der Waals surface area contributed by atoms with Gasteiger partial charge in [0.05, 0.1) is 6.04 Å². The van der Waals surface area contributed by atoms with Crippen molar-refractivity contribution in [2.45, 2.75) is 71.9 Å². The number of benzene rings is 1. The van der Waals surface area contributed by atoms with Gasteiger partial charge in [0, 0.05) is 7.05 Å². The number of carbonyl (C=O) groups is 3. The van der Waals surface area contributed by atoms with Crippen LogP contribution in [0.3, 0.4) is 0 Å². The highest BCUT2D eigenvalue weighted by atomic mass is 16.2. The number of amides is 2. The van der Waals surface area contributed by atoms with E-state index in [0.29, 0.717) is 12.8 Å². The standard InChI is InChI=1S/C22H34N2O3/c1-6-16(3)21(17(4)26)23-22(27)20(24(5)15-25)10-8-9-19-13-11-18(7-2)12-14-19/h11-16,20-21H,6-10H2,1-5H3,(H,23,27)/t16-,20?,21?/m0/s1. The second kappa shape index (κ2) is 11.5. The van der Waals surface area contributed by atoms with E-state index in [2.05, 4.69) is 36.5 Å². The van der Waals surface area contributed by atoms with E-state index in [1.807, 2.05) is 13.8 Å². The van der Waals surface area contributed by atoms with Crippen molar-refractivity contribution in [2.24, 2.45) is 5.92 Å². The maximum Gasteiger partial charge on any atom is 0.243 e. The number of nitrogens with one attached hydrogen (secondary N) is 1. The fourth-order valence-electron chi connectivity index (χ4n) is 3.16. The molecule has 5 nitrogen and oxygen atoms in total. The lowest BCUT2D eigenvalue weighted by atomic mass is 9.95. The number of Topliss-reactive ketones (excluding diaryl/α,β-unsaturated/α-hetero) is 1. The summed E-state index contributed by atoms with van der Waals surface area (Å²) in [6.45, 7) is 7.56. The Hall–Kier alpha value is -2.17. The van der Waals surface area contributed by atoms with Crippen LogP contribution in [0.2, 0.25) is 0 Å². The average molecular weight is 375 g/mol. The summed E-state index contributed by atoms with van der Waals surface area (Å²) in [5.41, 5.74) is 2.53. The predicted octanol–water partition coefficient (Wildman–Crippen LogP) is 3.15. The number of carbonyl (C=O) groups excluding carboxylic acids is 3. The summed E-state index contributed by atoms with van der Waals surface area (Å²) in [5.74, 6) is -0.252. The SMILES string of the molecule is CCc1ccc(CCCC(C(=O)NC(C(C)=O)[C@@H](C)CC)N(C)C=O)cc1. The maximum atomic E-state index is 12.7. The summed E-state index contributed by atoms with van der Waals surface area (Å²) in [7, 11) is 1.61. The van der Waals surface area contributed by atoms with E-state index in [-0.39, 0.29) is 17.6 Å². The zero-order valence-electron chi connectivity index (χ0n) is 17.3. The number of hydrogen-bond acceptors (Lipinski definition) is 3. The van der Waals surface area contributed by atoms with Gasteiger partial charge in [0.25, 0.3) is 0 Å². The van der Waals surface area contributed by atoms with Gasteiger partial charge in [-0.2, -0.15) is 0 Å². The fraction of sp³-hybridized carbons (Fsp3) is 0.591. The molecule has 0 aliphatic heterocycles. The number of nitrogens with zero attached hydrogens (tertiary/aromatic N) is 1. The van der Waals surface area contributed by atoms with Gasteiger partial charge in [0.15, 0.2) is 5.78 Å². The Morgan fingerprint density at radius 3 is 2.22 bits per heavy atom. The lowest BCUT2D eigenvalue weighted by Gasteiger charge is -2.28. The summed E-state index contributed by atoms with van der Waals surface area (Å²) in [6.07, 6.45) is 4.68. The quantitative estimate of drug-likeness (QED) is 0.572. The molecule has 0 aliphatic carbocycles. The topological polar surface area (TPSA) is 66.5 Å². The van der Waals surface area contributed by atoms with Gasteiger partial charge in [-0.05, 0) is 49.7 Å². The molecule has 1 aromatic rings. The summed E-state index contributed by atoms with van der Waals surface area (Å²) < 4.78 is 0. The van der Waals surface area contributed by atoms with Crippen LogP contribution in [0, 0.1) is 5.92 Å². The third kappa shape index (κ3) is 7.16. The fourth-order valence-corrected chi connectivity index (χ4v) is 3.16. The molecule has 0 fully saturated rings. The summed E-state index contributed by atoms with van der Waals surface area (Å²) >= 11 is 0. The zero-order valence-corrected chi connectivity index (χ0v) is 17.3. The molecule has 0 spiro atoms. The predicted molar refractivity (Wildman–Crippen MR) is 108 cm³/mol. The van der Waals surface area contributed by atoms with Gasteiger partial charge in [-0.25, -0.2) is 0 Å². The van der Waals surface area contributed by atoms with E-state index in [9.17, 15) is 14.4 Å². The van der Waals surface area contributed by atoms with Gasteiger partial charge in [-0.1, -0.05) is 51.5 Å². The molecule has 27 heavy (non-hydrogen) atoms. The van der Waals surface area contributed by atoms with Crippen LogP contribution in [0.25, 0.3) is 0 Å². The first-order valence-electron chi connectivity index (χ1n) is 9.89. The molecule has 5 heteroatoms. The second-order valence-electron chi connectivity index (χ2n) is 7.33. The van der Waals surface area contributed by atoms with E-state index in [1.165, 1.54) is 23.0 Å². The van der Waals surface area contributed by atoms with Crippen LogP contribution in [0.5, 0.6) is 0 Å². The van der Waals surface area contributed by atoms with Crippen LogP contribution in [0.15, 0.2) is 24.3 Å². The van der Waals surface area contributed by atoms with Gasteiger partial charge in [-0.15, -0.1) is 0 Å². The van der Waals surface area contributed by atoms with Crippen molar-refractivity contribution in [1.82, 2.24) is 10.2 Å². The first kappa shape index (κ1) is 22.9. The second-order valence-corrected chi connectivity index (χ2v) is 7.33. The van der Waals surface area contributed by atoms with Gasteiger partial charge in [0.1, 0.15) is 6.04 Å². The van der Waals surface area contributed by atoms with Crippen LogP contribution < -0.4 is 5.32 Å². The monoisotopic (exact) mass is 374 g/mol. The molecule has 1 rings (SSSR count). The lowest BCUT2D eigenvalue weighted by molar-refractivity contribution is -0.134. The van der Waals surface area contributed by atoms with Crippen molar-refractivity contribution < 1.29 is 14.4 Å². The molecule has 2 amide bonds. The third-order valence-corrected chi connectivity index (χ3v) is 5.28. The zero-order chi connectivity index (χ0) is 20.4. The van der Waals surface area contributed by atoms with Crippen molar-refractivity contribution in [3.8, 4) is 0 Å². The Morgan fingerprint density at radius 2 is 1.74 bits per heavy atom. The Morgan fingerprint density at radius 1 is 1.15 bits per heavy atom. The van der Waals surface area contributed by atoms with Crippen molar-refractivity contribution >= 4 is 18.1 Å². The average Bonchev–Trinajstić information content (AvgIpc) is 2.68. The number of likely N-dealkylation sites (N-methyl/N-ethyl adjacent to an activating group) is 1. The number of rotatable bonds is 12. The third-order valence-electron chi connectivity index (χ3n) is 5.28. The number of aryl methyl sites for hydroxylation is 2. The highest BCUT2D eigenvalue weighted by molar-refractivity contribution is 5.90. The smallest absolute Gasteiger partial charge is 0.243 e. The minimum Gasteiger partial charge on any atom is -0.344 e. The molecular formula is C22H34N2O3. The summed E-state index contributed by atoms with van der Waals surface area (Å²) in [5, 5.41) is 2.86. The molecule has 0 radical (unpaired) electrons. The molecule has 1 aromatic carbocycles.